The van der Waals surface area contributed by atoms with Gasteiger partial charge in [0.15, 0.2) is 11.2 Å². The van der Waals surface area contributed by atoms with Crippen molar-refractivity contribution in [2.24, 2.45) is 0 Å². The van der Waals surface area contributed by atoms with E-state index in [1.165, 1.54) is 12.7 Å². The Morgan fingerprint density at radius 2 is 2.17 bits per heavy atom. The van der Waals surface area contributed by atoms with E-state index in [1.807, 2.05) is 0 Å². The topological polar surface area (TPSA) is 110 Å². The van der Waals surface area contributed by atoms with Crippen molar-refractivity contribution in [3.8, 4) is 0 Å². The summed E-state index contributed by atoms with van der Waals surface area (Å²) in [4.78, 5) is 43.3. The average molecular weight is 449 g/mol. The lowest BCUT2D eigenvalue weighted by Crippen LogP contribution is -3.00. The number of hydrogen-bond acceptors (Lipinski definition) is 5. The van der Waals surface area contributed by atoms with Gasteiger partial charge in [-0.25, -0.2) is 19.1 Å². The molecule has 3 heterocycles. The molecule has 2 N–H and O–H groups in total. The standard InChI is InChI=1S/C14H19N5O4.HI/c1-19(2)6-3-4-9(19)5-7-23-14(22)18-8-15-10-11(18)16-13(21)17-12(10)20;/h8-9H,3-7H2,1-2H3,(H-,16,17,20,21);1H. The zero-order valence-electron chi connectivity index (χ0n) is 13.5. The van der Waals surface area contributed by atoms with Gasteiger partial charge in [0.05, 0.1) is 33.3 Å². The quantitative estimate of drug-likeness (QED) is 0.384. The van der Waals surface area contributed by atoms with E-state index in [2.05, 4.69) is 29.0 Å². The number of nitrogens with one attached hydrogen (secondary N) is 2. The van der Waals surface area contributed by atoms with Gasteiger partial charge in [0.25, 0.3) is 5.56 Å². The van der Waals surface area contributed by atoms with Crippen LogP contribution in [0, 0.1) is 0 Å². The van der Waals surface area contributed by atoms with Gasteiger partial charge in [-0.1, -0.05) is 0 Å². The summed E-state index contributed by atoms with van der Waals surface area (Å²) in [6.07, 6.45) is 3.61. The van der Waals surface area contributed by atoms with E-state index in [9.17, 15) is 14.4 Å². The summed E-state index contributed by atoms with van der Waals surface area (Å²) in [6.45, 7) is 1.42. The molecule has 1 saturated heterocycles. The summed E-state index contributed by atoms with van der Waals surface area (Å²) in [7, 11) is 4.36. The smallest absolute Gasteiger partial charge is 0.420 e. The molecule has 1 atom stereocenters. The molecule has 0 amide bonds. The monoisotopic (exact) mass is 449 g/mol. The van der Waals surface area contributed by atoms with Crippen LogP contribution in [0.15, 0.2) is 15.9 Å². The van der Waals surface area contributed by atoms with Gasteiger partial charge < -0.3 is 33.2 Å². The molecule has 1 unspecified atom stereocenters. The summed E-state index contributed by atoms with van der Waals surface area (Å²) < 4.78 is 7.25. The third-order valence-electron chi connectivity index (χ3n) is 4.58. The van der Waals surface area contributed by atoms with Crippen molar-refractivity contribution in [1.82, 2.24) is 19.5 Å². The number of imidazole rings is 1. The number of likely N-dealkylation sites (tertiary alicyclic amines) is 1. The fourth-order valence-corrected chi connectivity index (χ4v) is 3.19. The Balaban J connectivity index is 0.00000208. The van der Waals surface area contributed by atoms with E-state index in [-0.39, 0.29) is 41.7 Å². The van der Waals surface area contributed by atoms with E-state index in [0.717, 1.165) is 28.4 Å². The Kier molecular flexibility index (Phi) is 5.48. The Labute approximate surface area is 154 Å². The number of nitrogens with zero attached hydrogens (tertiary/aromatic N) is 3. The first kappa shape index (κ1) is 18.6. The van der Waals surface area contributed by atoms with Gasteiger partial charge >= 0.3 is 11.8 Å². The molecule has 132 valence electrons. The van der Waals surface area contributed by atoms with Gasteiger partial charge in [-0.15, -0.1) is 0 Å². The number of ether oxygens (including phenoxy) is 1. The molecule has 2 aromatic rings. The van der Waals surface area contributed by atoms with E-state index < -0.39 is 17.3 Å². The van der Waals surface area contributed by atoms with Crippen molar-refractivity contribution in [2.45, 2.75) is 25.3 Å². The van der Waals surface area contributed by atoms with Crippen LogP contribution in [0.3, 0.4) is 0 Å². The predicted octanol–water partition coefficient (Wildman–Crippen LogP) is -2.97. The predicted molar refractivity (Wildman–Crippen MR) is 82.3 cm³/mol. The van der Waals surface area contributed by atoms with Gasteiger partial charge in [-0.05, 0) is 0 Å². The molecule has 2 aromatic heterocycles. The van der Waals surface area contributed by atoms with Gasteiger partial charge in [-0.3, -0.25) is 14.8 Å². The third-order valence-corrected chi connectivity index (χ3v) is 4.58. The highest BCUT2D eigenvalue weighted by atomic mass is 127. The first-order valence-corrected chi connectivity index (χ1v) is 7.58. The molecular weight excluding hydrogens is 429 g/mol. The van der Waals surface area contributed by atoms with Crippen LogP contribution in [-0.4, -0.2) is 63.4 Å². The van der Waals surface area contributed by atoms with Crippen LogP contribution < -0.4 is 35.2 Å². The maximum absolute atomic E-state index is 12.1. The Bertz CT molecular complexity index is 853. The zero-order chi connectivity index (χ0) is 16.6. The van der Waals surface area contributed by atoms with Gasteiger partial charge in [0, 0.05) is 19.3 Å². The molecule has 1 aliphatic heterocycles. The van der Waals surface area contributed by atoms with Crippen molar-refractivity contribution in [3.05, 3.63) is 27.2 Å². The molecule has 24 heavy (non-hydrogen) atoms. The van der Waals surface area contributed by atoms with Gasteiger partial charge in [0.1, 0.15) is 6.33 Å². The normalized spacial score (nSPS) is 19.2. The fraction of sp³-hybridized carbons (Fsp3) is 0.571. The van der Waals surface area contributed by atoms with Crippen LogP contribution >= 0.6 is 0 Å². The number of aromatic amines is 2. The Morgan fingerprint density at radius 3 is 2.83 bits per heavy atom. The molecule has 10 heteroatoms. The van der Waals surface area contributed by atoms with Crippen molar-refractivity contribution in [3.63, 3.8) is 0 Å². The lowest BCUT2D eigenvalue weighted by molar-refractivity contribution is -0.902. The number of H-pyrrole nitrogens is 2. The van der Waals surface area contributed by atoms with E-state index >= 15 is 0 Å². The zero-order valence-corrected chi connectivity index (χ0v) is 15.7. The van der Waals surface area contributed by atoms with Gasteiger partial charge in [0.2, 0.25) is 0 Å². The maximum atomic E-state index is 12.1. The van der Waals surface area contributed by atoms with Crippen LogP contribution in [-0.2, 0) is 4.74 Å². The summed E-state index contributed by atoms with van der Waals surface area (Å²) >= 11 is 0. The van der Waals surface area contributed by atoms with Gasteiger partial charge in [-0.2, -0.15) is 0 Å². The minimum atomic E-state index is -0.693. The van der Waals surface area contributed by atoms with Crippen LogP contribution in [0.5, 0.6) is 0 Å². The van der Waals surface area contributed by atoms with Crippen LogP contribution in [0.1, 0.15) is 19.3 Å². The molecule has 0 aliphatic carbocycles. The Morgan fingerprint density at radius 1 is 1.42 bits per heavy atom. The number of halogens is 1. The molecule has 0 radical (unpaired) electrons. The third kappa shape index (κ3) is 3.53. The second-order valence-electron chi connectivity index (χ2n) is 6.42. The number of aromatic nitrogens is 4. The molecule has 1 fully saturated rings. The van der Waals surface area contributed by atoms with Crippen molar-refractivity contribution in [2.75, 3.05) is 27.2 Å². The van der Waals surface area contributed by atoms with Crippen LogP contribution in [0.25, 0.3) is 11.2 Å². The first-order chi connectivity index (χ1) is 10.9. The molecule has 0 aromatic carbocycles. The highest BCUT2D eigenvalue weighted by Gasteiger charge is 2.33. The highest BCUT2D eigenvalue weighted by molar-refractivity contribution is 5.83. The molecule has 1 aliphatic rings. The van der Waals surface area contributed by atoms with Crippen LogP contribution in [0.4, 0.5) is 4.79 Å². The second kappa shape index (κ2) is 7.05. The first-order valence-electron chi connectivity index (χ1n) is 7.58. The SMILES string of the molecule is C[N+]1(C)CCCC1CCOC(=O)n1cnc2c(=O)[nH]c(=O)[nH]c21.[I-]. The van der Waals surface area contributed by atoms with Crippen molar-refractivity contribution < 1.29 is 38.0 Å². The number of hydrogen-bond donors (Lipinski definition) is 2. The number of carbonyl (C=O) groups excluding carboxylic acids is 1. The number of carbonyl (C=O) groups is 1. The number of fused-ring (bicyclic) bond motifs is 1. The van der Waals surface area contributed by atoms with Crippen LogP contribution in [0.2, 0.25) is 0 Å². The molecule has 3 rings (SSSR count). The molecule has 9 nitrogen and oxygen atoms in total. The maximum Gasteiger partial charge on any atom is 0.420 e. The summed E-state index contributed by atoms with van der Waals surface area (Å²) in [5.41, 5.74) is -1.29. The second-order valence-corrected chi connectivity index (χ2v) is 6.42. The minimum Gasteiger partial charge on any atom is -1.00 e. The highest BCUT2D eigenvalue weighted by Crippen LogP contribution is 2.24. The number of rotatable bonds is 3. The molecular formula is C14H20IN5O4. The average Bonchev–Trinajstić information content (AvgIpc) is 3.02. The largest absolute Gasteiger partial charge is 1.00 e. The molecule has 0 bridgehead atoms. The summed E-state index contributed by atoms with van der Waals surface area (Å²) in [5, 5.41) is 0. The number of quaternary nitrogens is 1. The summed E-state index contributed by atoms with van der Waals surface area (Å²) in [6, 6.07) is 0.477. The lowest BCUT2D eigenvalue weighted by atomic mass is 10.1. The lowest BCUT2D eigenvalue weighted by Gasteiger charge is -2.31. The Hall–Kier alpha value is -1.69. The fourth-order valence-electron chi connectivity index (χ4n) is 3.19. The molecule has 0 saturated carbocycles. The van der Waals surface area contributed by atoms with E-state index in [0.29, 0.717) is 6.04 Å². The minimum absolute atomic E-state index is 0. The van der Waals surface area contributed by atoms with Crippen molar-refractivity contribution >= 4 is 17.3 Å². The van der Waals surface area contributed by atoms with E-state index in [1.54, 1.807) is 0 Å². The van der Waals surface area contributed by atoms with E-state index in [4.69, 9.17) is 4.74 Å². The molecule has 0 spiro atoms. The van der Waals surface area contributed by atoms with Crippen molar-refractivity contribution in [1.29, 1.82) is 0 Å². The summed E-state index contributed by atoms with van der Waals surface area (Å²) in [5.74, 6) is 0.